The molecule has 1 amide bonds. The fourth-order valence-corrected chi connectivity index (χ4v) is 1.58. The number of carbonyl (C=O) groups is 1. The van der Waals surface area contributed by atoms with E-state index < -0.39 is 0 Å². The highest BCUT2D eigenvalue weighted by atomic mass is 79.9. The molecular formula is C13H18BrNO2. The number of amides is 1. The molecule has 1 unspecified atom stereocenters. The number of hydrogen-bond acceptors (Lipinski definition) is 2. The molecule has 0 fully saturated rings. The topological polar surface area (TPSA) is 38.3 Å². The molecule has 94 valence electrons. The van der Waals surface area contributed by atoms with E-state index in [1.807, 2.05) is 25.1 Å². The Labute approximate surface area is 111 Å². The molecule has 0 saturated carbocycles. The zero-order valence-corrected chi connectivity index (χ0v) is 11.8. The number of benzene rings is 1. The summed E-state index contributed by atoms with van der Waals surface area (Å²) in [6, 6.07) is 7.29. The van der Waals surface area contributed by atoms with Crippen LogP contribution in [0.2, 0.25) is 0 Å². The van der Waals surface area contributed by atoms with Gasteiger partial charge in [-0.2, -0.15) is 0 Å². The van der Waals surface area contributed by atoms with Crippen molar-refractivity contribution in [3.05, 3.63) is 29.8 Å². The van der Waals surface area contributed by atoms with Crippen LogP contribution >= 0.6 is 15.9 Å². The number of ether oxygens (including phenoxy) is 1. The number of nitrogens with one attached hydrogen (secondary N) is 1. The fraction of sp³-hybridized carbons (Fsp3) is 0.462. The number of carbonyl (C=O) groups excluding carboxylic acids is 1. The summed E-state index contributed by atoms with van der Waals surface area (Å²) in [5.74, 6) is 0.971. The lowest BCUT2D eigenvalue weighted by Gasteiger charge is -2.12. The average Bonchev–Trinajstić information content (AvgIpc) is 2.36. The van der Waals surface area contributed by atoms with Crippen molar-refractivity contribution in [1.29, 1.82) is 0 Å². The van der Waals surface area contributed by atoms with E-state index in [-0.39, 0.29) is 5.91 Å². The van der Waals surface area contributed by atoms with Crippen molar-refractivity contribution < 1.29 is 9.53 Å². The highest BCUT2D eigenvalue weighted by Crippen LogP contribution is 2.17. The first kappa shape index (κ1) is 14.0. The van der Waals surface area contributed by atoms with E-state index in [1.54, 1.807) is 6.07 Å². The molecule has 0 aromatic heterocycles. The Morgan fingerprint density at radius 3 is 2.82 bits per heavy atom. The Morgan fingerprint density at radius 2 is 2.18 bits per heavy atom. The van der Waals surface area contributed by atoms with Gasteiger partial charge in [0, 0.05) is 11.9 Å². The molecule has 1 aromatic rings. The van der Waals surface area contributed by atoms with Gasteiger partial charge < -0.3 is 10.1 Å². The number of hydrogen-bond donors (Lipinski definition) is 1. The van der Waals surface area contributed by atoms with Gasteiger partial charge in [0.05, 0.1) is 12.2 Å². The highest BCUT2D eigenvalue weighted by molar-refractivity contribution is 9.09. The lowest BCUT2D eigenvalue weighted by Crippen LogP contribution is -2.29. The molecule has 0 aliphatic heterocycles. The third-order valence-electron chi connectivity index (χ3n) is 2.31. The minimum atomic E-state index is -0.0816. The van der Waals surface area contributed by atoms with Crippen molar-refractivity contribution >= 4 is 21.8 Å². The van der Waals surface area contributed by atoms with Crippen molar-refractivity contribution in [2.45, 2.75) is 13.8 Å². The first-order valence-electron chi connectivity index (χ1n) is 5.75. The molecule has 0 heterocycles. The van der Waals surface area contributed by atoms with Gasteiger partial charge in [-0.3, -0.25) is 4.79 Å². The SMILES string of the molecule is CCOc1ccccc1C(=O)NCC(C)CBr. The second-order valence-electron chi connectivity index (χ2n) is 3.90. The first-order valence-corrected chi connectivity index (χ1v) is 6.87. The maximum Gasteiger partial charge on any atom is 0.255 e. The summed E-state index contributed by atoms with van der Waals surface area (Å²) in [6.07, 6.45) is 0. The van der Waals surface area contributed by atoms with E-state index in [2.05, 4.69) is 28.2 Å². The Balaban J connectivity index is 2.67. The number of alkyl halides is 1. The zero-order chi connectivity index (χ0) is 12.7. The Kier molecular flexibility index (Phi) is 6.05. The van der Waals surface area contributed by atoms with Crippen molar-refractivity contribution in [2.75, 3.05) is 18.5 Å². The maximum absolute atomic E-state index is 12.0. The second kappa shape index (κ2) is 7.33. The van der Waals surface area contributed by atoms with Crippen molar-refractivity contribution in [3.63, 3.8) is 0 Å². The molecule has 0 spiro atoms. The predicted molar refractivity (Wildman–Crippen MR) is 72.9 cm³/mol. The smallest absolute Gasteiger partial charge is 0.255 e. The predicted octanol–water partition coefficient (Wildman–Crippen LogP) is 2.85. The molecule has 0 aliphatic rings. The van der Waals surface area contributed by atoms with E-state index in [4.69, 9.17) is 4.74 Å². The van der Waals surface area contributed by atoms with Gasteiger partial charge >= 0.3 is 0 Å². The minimum Gasteiger partial charge on any atom is -0.493 e. The largest absolute Gasteiger partial charge is 0.493 e. The molecule has 3 nitrogen and oxygen atoms in total. The number of halogens is 1. The van der Waals surface area contributed by atoms with Gasteiger partial charge in [-0.1, -0.05) is 35.0 Å². The summed E-state index contributed by atoms with van der Waals surface area (Å²) >= 11 is 3.38. The van der Waals surface area contributed by atoms with Crippen molar-refractivity contribution in [2.24, 2.45) is 5.92 Å². The molecule has 0 saturated heterocycles. The summed E-state index contributed by atoms with van der Waals surface area (Å²) in [7, 11) is 0. The van der Waals surface area contributed by atoms with E-state index in [9.17, 15) is 4.79 Å². The molecule has 0 bridgehead atoms. The van der Waals surface area contributed by atoms with Gasteiger partial charge in [0.2, 0.25) is 0 Å². The molecule has 17 heavy (non-hydrogen) atoms. The normalized spacial score (nSPS) is 11.9. The summed E-state index contributed by atoms with van der Waals surface area (Å²) < 4.78 is 5.42. The van der Waals surface area contributed by atoms with Crippen LogP contribution in [0.5, 0.6) is 5.75 Å². The molecule has 0 aliphatic carbocycles. The molecule has 1 N–H and O–H groups in total. The molecule has 0 radical (unpaired) electrons. The van der Waals surface area contributed by atoms with E-state index in [0.29, 0.717) is 30.4 Å². The van der Waals surface area contributed by atoms with E-state index in [1.165, 1.54) is 0 Å². The lowest BCUT2D eigenvalue weighted by atomic mass is 10.1. The van der Waals surface area contributed by atoms with Gasteiger partial charge in [-0.05, 0) is 25.0 Å². The summed E-state index contributed by atoms with van der Waals surface area (Å²) in [4.78, 5) is 12.0. The van der Waals surface area contributed by atoms with E-state index in [0.717, 1.165) is 5.33 Å². The van der Waals surface area contributed by atoms with Crippen molar-refractivity contribution in [3.8, 4) is 5.75 Å². The lowest BCUT2D eigenvalue weighted by molar-refractivity contribution is 0.0945. The van der Waals surface area contributed by atoms with Gasteiger partial charge in [-0.25, -0.2) is 0 Å². The molecule has 1 aromatic carbocycles. The number of rotatable bonds is 6. The summed E-state index contributed by atoms with van der Waals surface area (Å²) in [5, 5.41) is 3.77. The zero-order valence-electron chi connectivity index (χ0n) is 10.2. The van der Waals surface area contributed by atoms with Crippen LogP contribution < -0.4 is 10.1 Å². The quantitative estimate of drug-likeness (QED) is 0.820. The van der Waals surface area contributed by atoms with Crippen LogP contribution in [0.1, 0.15) is 24.2 Å². The minimum absolute atomic E-state index is 0.0816. The van der Waals surface area contributed by atoms with Gasteiger partial charge in [0.15, 0.2) is 0 Å². The van der Waals surface area contributed by atoms with E-state index >= 15 is 0 Å². The van der Waals surface area contributed by atoms with Crippen LogP contribution in [0, 0.1) is 5.92 Å². The Hall–Kier alpha value is -1.03. The monoisotopic (exact) mass is 299 g/mol. The summed E-state index contributed by atoms with van der Waals surface area (Å²) in [6.45, 7) is 5.19. The summed E-state index contributed by atoms with van der Waals surface area (Å²) in [5.41, 5.74) is 0.594. The van der Waals surface area contributed by atoms with Gasteiger partial charge in [0.25, 0.3) is 5.91 Å². The Bertz CT molecular complexity index is 368. The van der Waals surface area contributed by atoms with Crippen LogP contribution in [0.15, 0.2) is 24.3 Å². The maximum atomic E-state index is 12.0. The highest BCUT2D eigenvalue weighted by Gasteiger charge is 2.12. The van der Waals surface area contributed by atoms with Crippen molar-refractivity contribution in [1.82, 2.24) is 5.32 Å². The van der Waals surface area contributed by atoms with Crippen LogP contribution in [-0.2, 0) is 0 Å². The van der Waals surface area contributed by atoms with Crippen LogP contribution in [0.25, 0.3) is 0 Å². The van der Waals surface area contributed by atoms with Gasteiger partial charge in [-0.15, -0.1) is 0 Å². The second-order valence-corrected chi connectivity index (χ2v) is 4.55. The Morgan fingerprint density at radius 1 is 1.47 bits per heavy atom. The molecule has 1 rings (SSSR count). The third-order valence-corrected chi connectivity index (χ3v) is 3.41. The molecular weight excluding hydrogens is 282 g/mol. The molecule has 4 heteroatoms. The van der Waals surface area contributed by atoms with Crippen LogP contribution in [0.4, 0.5) is 0 Å². The van der Waals surface area contributed by atoms with Crippen LogP contribution in [-0.4, -0.2) is 24.4 Å². The average molecular weight is 300 g/mol. The molecule has 1 atom stereocenters. The standard InChI is InChI=1S/C13H18BrNO2/c1-3-17-12-7-5-4-6-11(12)13(16)15-9-10(2)8-14/h4-7,10H,3,8-9H2,1-2H3,(H,15,16). The first-order chi connectivity index (χ1) is 8.19. The number of para-hydroxylation sites is 1. The van der Waals surface area contributed by atoms with Crippen LogP contribution in [0.3, 0.4) is 0 Å². The van der Waals surface area contributed by atoms with Gasteiger partial charge in [0.1, 0.15) is 5.75 Å². The fourth-order valence-electron chi connectivity index (χ4n) is 1.35. The third kappa shape index (κ3) is 4.38.